The Morgan fingerprint density at radius 1 is 1.16 bits per heavy atom. The minimum atomic E-state index is -0.394. The number of ether oxygens (including phenoxy) is 1. The molecule has 3 rings (SSSR count). The summed E-state index contributed by atoms with van der Waals surface area (Å²) in [4.78, 5) is 25.1. The molecule has 1 aliphatic rings. The molecule has 1 fully saturated rings. The summed E-state index contributed by atoms with van der Waals surface area (Å²) in [5.41, 5.74) is 1.09. The summed E-state index contributed by atoms with van der Waals surface area (Å²) in [6, 6.07) is 10.6. The molecule has 1 heterocycles. The predicted octanol–water partition coefficient (Wildman–Crippen LogP) is 4.59. The Hall–Kier alpha value is -2.34. The second-order valence-electron chi connectivity index (χ2n) is 6.21. The molecule has 1 atom stereocenters. The average Bonchev–Trinajstić information content (AvgIpc) is 3.33. The minimum absolute atomic E-state index is 0.0526. The first kappa shape index (κ1) is 17.5. The van der Waals surface area contributed by atoms with Crippen molar-refractivity contribution in [2.24, 2.45) is 5.92 Å². The Bertz CT molecular complexity index is 707. The molecule has 2 aromatic rings. The van der Waals surface area contributed by atoms with E-state index in [1.807, 2.05) is 11.4 Å². The molecule has 0 bridgehead atoms. The van der Waals surface area contributed by atoms with Gasteiger partial charge in [-0.15, -0.1) is 11.3 Å². The van der Waals surface area contributed by atoms with Gasteiger partial charge in [0, 0.05) is 10.6 Å². The number of methoxy groups -OCH3 is 1. The fourth-order valence-corrected chi connectivity index (χ4v) is 4.17. The lowest BCUT2D eigenvalue weighted by atomic mass is 9.97. The maximum atomic E-state index is 12.4. The van der Waals surface area contributed by atoms with E-state index in [0.717, 1.165) is 12.8 Å². The van der Waals surface area contributed by atoms with Crippen molar-refractivity contribution in [1.29, 1.82) is 0 Å². The van der Waals surface area contributed by atoms with Crippen LogP contribution in [0.1, 0.15) is 47.0 Å². The molecule has 6 heteroatoms. The summed E-state index contributed by atoms with van der Waals surface area (Å²) in [5, 5.41) is 8.02. The SMILES string of the molecule is COC(=O)c1ccc(NC(=O)N[C@@H](c2cccs2)C2CCCC2)cc1. The van der Waals surface area contributed by atoms with Crippen molar-refractivity contribution in [1.82, 2.24) is 5.32 Å². The van der Waals surface area contributed by atoms with Gasteiger partial charge in [0.25, 0.3) is 0 Å². The van der Waals surface area contributed by atoms with Gasteiger partial charge in [-0.25, -0.2) is 9.59 Å². The number of rotatable bonds is 5. The molecule has 2 N–H and O–H groups in total. The van der Waals surface area contributed by atoms with E-state index in [1.165, 1.54) is 24.8 Å². The number of thiophene rings is 1. The molecule has 0 spiro atoms. The topological polar surface area (TPSA) is 67.4 Å². The monoisotopic (exact) mass is 358 g/mol. The van der Waals surface area contributed by atoms with E-state index in [2.05, 4.69) is 21.4 Å². The fourth-order valence-electron chi connectivity index (χ4n) is 3.30. The summed E-state index contributed by atoms with van der Waals surface area (Å²) in [5.74, 6) is 0.0982. The van der Waals surface area contributed by atoms with Crippen LogP contribution in [0.2, 0.25) is 0 Å². The summed E-state index contributed by atoms with van der Waals surface area (Å²) in [6.45, 7) is 0. The highest BCUT2D eigenvalue weighted by Gasteiger charge is 2.28. The molecule has 2 amide bonds. The lowest BCUT2D eigenvalue weighted by molar-refractivity contribution is 0.0601. The Morgan fingerprint density at radius 3 is 2.48 bits per heavy atom. The van der Waals surface area contributed by atoms with Gasteiger partial charge in [-0.2, -0.15) is 0 Å². The zero-order valence-electron chi connectivity index (χ0n) is 14.2. The zero-order valence-corrected chi connectivity index (χ0v) is 15.0. The van der Waals surface area contributed by atoms with Crippen LogP contribution in [-0.2, 0) is 4.74 Å². The van der Waals surface area contributed by atoms with Crippen molar-refractivity contribution >= 4 is 29.0 Å². The number of hydrogen-bond acceptors (Lipinski definition) is 4. The molecule has 1 aromatic carbocycles. The lowest BCUT2D eigenvalue weighted by Gasteiger charge is -2.24. The standard InChI is InChI=1S/C19H22N2O3S/c1-24-18(22)14-8-10-15(11-9-14)20-19(23)21-17(13-5-2-3-6-13)16-7-4-12-25-16/h4,7-13,17H,2-3,5-6H2,1H3,(H2,20,21,23)/t17-/m1/s1. The van der Waals surface area contributed by atoms with Gasteiger partial charge in [0.2, 0.25) is 0 Å². The highest BCUT2D eigenvalue weighted by atomic mass is 32.1. The molecule has 132 valence electrons. The van der Waals surface area contributed by atoms with Gasteiger partial charge in [-0.05, 0) is 54.5 Å². The van der Waals surface area contributed by atoms with Crippen molar-refractivity contribution in [2.45, 2.75) is 31.7 Å². The number of amides is 2. The van der Waals surface area contributed by atoms with Gasteiger partial charge in [-0.3, -0.25) is 0 Å². The maximum Gasteiger partial charge on any atom is 0.337 e. The molecule has 0 radical (unpaired) electrons. The summed E-state index contributed by atoms with van der Waals surface area (Å²) < 4.78 is 4.67. The molecule has 1 aromatic heterocycles. The van der Waals surface area contributed by atoms with Crippen LogP contribution in [0.15, 0.2) is 41.8 Å². The third-order valence-electron chi connectivity index (χ3n) is 4.57. The summed E-state index contributed by atoms with van der Waals surface area (Å²) in [6.07, 6.45) is 4.75. The van der Waals surface area contributed by atoms with Gasteiger partial charge >= 0.3 is 12.0 Å². The maximum absolute atomic E-state index is 12.4. The van der Waals surface area contributed by atoms with Crippen molar-refractivity contribution in [3.8, 4) is 0 Å². The zero-order chi connectivity index (χ0) is 17.6. The van der Waals surface area contributed by atoms with Crippen LogP contribution in [0.25, 0.3) is 0 Å². The van der Waals surface area contributed by atoms with Gasteiger partial charge in [0.05, 0.1) is 18.7 Å². The fraction of sp³-hybridized carbons (Fsp3) is 0.368. The number of carbonyl (C=O) groups is 2. The molecule has 1 saturated carbocycles. The molecule has 25 heavy (non-hydrogen) atoms. The molecule has 1 aliphatic carbocycles. The first-order chi connectivity index (χ1) is 12.2. The van der Waals surface area contributed by atoms with Crippen molar-refractivity contribution in [2.75, 3.05) is 12.4 Å². The third kappa shape index (κ3) is 4.39. The van der Waals surface area contributed by atoms with Crippen LogP contribution < -0.4 is 10.6 Å². The van der Waals surface area contributed by atoms with Crippen molar-refractivity contribution < 1.29 is 14.3 Å². The van der Waals surface area contributed by atoms with Crippen LogP contribution in [0.3, 0.4) is 0 Å². The van der Waals surface area contributed by atoms with E-state index in [9.17, 15) is 9.59 Å². The van der Waals surface area contributed by atoms with E-state index >= 15 is 0 Å². The normalized spacial score (nSPS) is 15.6. The van der Waals surface area contributed by atoms with Gasteiger partial charge in [0.1, 0.15) is 0 Å². The van der Waals surface area contributed by atoms with Crippen LogP contribution in [0.5, 0.6) is 0 Å². The molecular formula is C19H22N2O3S. The number of esters is 1. The molecule has 5 nitrogen and oxygen atoms in total. The molecule has 0 saturated heterocycles. The Kier molecular flexibility index (Phi) is 5.71. The van der Waals surface area contributed by atoms with Gasteiger partial charge in [-0.1, -0.05) is 18.9 Å². The van der Waals surface area contributed by atoms with Crippen LogP contribution in [0, 0.1) is 5.92 Å². The second-order valence-corrected chi connectivity index (χ2v) is 7.18. The highest BCUT2D eigenvalue weighted by Crippen LogP contribution is 2.37. The van der Waals surface area contributed by atoms with Gasteiger partial charge < -0.3 is 15.4 Å². The number of benzene rings is 1. The van der Waals surface area contributed by atoms with E-state index < -0.39 is 5.97 Å². The van der Waals surface area contributed by atoms with Crippen LogP contribution in [0.4, 0.5) is 10.5 Å². The highest BCUT2D eigenvalue weighted by molar-refractivity contribution is 7.10. The third-order valence-corrected chi connectivity index (χ3v) is 5.53. The van der Waals surface area contributed by atoms with Crippen molar-refractivity contribution in [3.63, 3.8) is 0 Å². The Labute approximate surface area is 151 Å². The number of urea groups is 1. The first-order valence-corrected chi connectivity index (χ1v) is 9.34. The second kappa shape index (κ2) is 8.16. The van der Waals surface area contributed by atoms with Crippen molar-refractivity contribution in [3.05, 3.63) is 52.2 Å². The van der Waals surface area contributed by atoms with E-state index in [1.54, 1.807) is 35.6 Å². The van der Waals surface area contributed by atoms with Crippen LogP contribution >= 0.6 is 11.3 Å². The minimum Gasteiger partial charge on any atom is -0.465 e. The van der Waals surface area contributed by atoms with Gasteiger partial charge in [0.15, 0.2) is 0 Å². The first-order valence-electron chi connectivity index (χ1n) is 8.46. The molecule has 0 aliphatic heterocycles. The largest absolute Gasteiger partial charge is 0.465 e. The predicted molar refractivity (Wildman–Crippen MR) is 99.0 cm³/mol. The number of hydrogen-bond donors (Lipinski definition) is 2. The quantitative estimate of drug-likeness (QED) is 0.768. The number of carbonyl (C=O) groups excluding carboxylic acids is 2. The summed E-state index contributed by atoms with van der Waals surface area (Å²) >= 11 is 1.68. The van der Waals surface area contributed by atoms with E-state index in [-0.39, 0.29) is 12.1 Å². The van der Waals surface area contributed by atoms with E-state index in [0.29, 0.717) is 17.2 Å². The van der Waals surface area contributed by atoms with E-state index in [4.69, 9.17) is 0 Å². The molecular weight excluding hydrogens is 336 g/mol. The lowest BCUT2D eigenvalue weighted by Crippen LogP contribution is -2.35. The Morgan fingerprint density at radius 2 is 1.88 bits per heavy atom. The van der Waals surface area contributed by atoms with Crippen LogP contribution in [-0.4, -0.2) is 19.1 Å². The average molecular weight is 358 g/mol. The number of nitrogens with one attached hydrogen (secondary N) is 2. The Balaban J connectivity index is 1.64. The number of anilines is 1. The molecule has 0 unspecified atom stereocenters. The summed E-state index contributed by atoms with van der Waals surface area (Å²) in [7, 11) is 1.34. The smallest absolute Gasteiger partial charge is 0.337 e.